The van der Waals surface area contributed by atoms with E-state index in [0.29, 0.717) is 24.9 Å². The van der Waals surface area contributed by atoms with Crippen molar-refractivity contribution in [1.82, 2.24) is 15.6 Å². The Balaban J connectivity index is 1.53. The minimum absolute atomic E-state index is 0.0993. The topological polar surface area (TPSA) is 81.6 Å². The number of carbonyl (C=O) groups excluding carboxylic acids is 1. The lowest BCUT2D eigenvalue weighted by atomic mass is 10.2. The molecular formula is C20H25FN6O. The molecule has 0 spiro atoms. The Hall–Kier alpha value is -3.16. The summed E-state index contributed by atoms with van der Waals surface area (Å²) in [6, 6.07) is 10.8. The van der Waals surface area contributed by atoms with E-state index in [-0.39, 0.29) is 17.8 Å². The summed E-state index contributed by atoms with van der Waals surface area (Å²) in [4.78, 5) is 21.5. The quantitative estimate of drug-likeness (QED) is 0.543. The number of rotatable bonds is 5. The molecule has 3 N–H and O–H groups in total. The first-order chi connectivity index (χ1) is 13.5. The molecule has 2 heterocycles. The maximum Gasteiger partial charge on any atom is 0.221 e. The predicted molar refractivity (Wildman–Crippen MR) is 109 cm³/mol. The molecule has 8 heteroatoms. The van der Waals surface area contributed by atoms with Crippen LogP contribution >= 0.6 is 0 Å². The fourth-order valence-electron chi connectivity index (χ4n) is 3.22. The fourth-order valence-corrected chi connectivity index (χ4v) is 3.22. The van der Waals surface area contributed by atoms with Gasteiger partial charge in [-0.2, -0.15) is 0 Å². The van der Waals surface area contributed by atoms with Crippen LogP contribution in [0.25, 0.3) is 0 Å². The number of aliphatic imine (C=N–C) groups is 1. The molecule has 0 radical (unpaired) electrons. The van der Waals surface area contributed by atoms with Crippen LogP contribution in [0.4, 0.5) is 15.9 Å². The van der Waals surface area contributed by atoms with Crippen LogP contribution in [0, 0.1) is 5.82 Å². The summed E-state index contributed by atoms with van der Waals surface area (Å²) in [5.74, 6) is 0.672. The Morgan fingerprint density at radius 1 is 1.36 bits per heavy atom. The number of carbonyl (C=O) groups is 1. The molecule has 0 saturated carbocycles. The molecule has 148 valence electrons. The van der Waals surface area contributed by atoms with Gasteiger partial charge in [0.15, 0.2) is 17.6 Å². The first-order valence-electron chi connectivity index (χ1n) is 9.24. The second kappa shape index (κ2) is 9.16. The van der Waals surface area contributed by atoms with E-state index in [1.54, 1.807) is 19.3 Å². The molecule has 1 fully saturated rings. The molecule has 1 aliphatic rings. The zero-order valence-electron chi connectivity index (χ0n) is 16.1. The van der Waals surface area contributed by atoms with Gasteiger partial charge in [-0.1, -0.05) is 12.1 Å². The molecule has 3 rings (SSSR count). The molecular weight excluding hydrogens is 359 g/mol. The van der Waals surface area contributed by atoms with Crippen molar-refractivity contribution in [2.24, 2.45) is 4.99 Å². The van der Waals surface area contributed by atoms with Crippen molar-refractivity contribution in [1.29, 1.82) is 0 Å². The molecule has 0 bridgehead atoms. The number of hydrogen-bond acceptors (Lipinski definition) is 4. The first-order valence-corrected chi connectivity index (χ1v) is 9.24. The van der Waals surface area contributed by atoms with Crippen LogP contribution in [0.15, 0.2) is 47.6 Å². The number of nitrogens with zero attached hydrogens (tertiary/aromatic N) is 3. The number of benzene rings is 1. The van der Waals surface area contributed by atoms with Crippen LogP contribution in [-0.2, 0) is 11.3 Å². The fraction of sp³-hybridized carbons (Fsp3) is 0.350. The van der Waals surface area contributed by atoms with Crippen LogP contribution in [0.2, 0.25) is 0 Å². The van der Waals surface area contributed by atoms with Crippen molar-refractivity contribution in [2.45, 2.75) is 25.9 Å². The number of hydrogen-bond donors (Lipinski definition) is 3. The molecule has 1 aromatic heterocycles. The second-order valence-corrected chi connectivity index (χ2v) is 6.69. The van der Waals surface area contributed by atoms with E-state index >= 15 is 0 Å². The van der Waals surface area contributed by atoms with Gasteiger partial charge in [-0.05, 0) is 36.2 Å². The van der Waals surface area contributed by atoms with E-state index in [0.717, 1.165) is 24.2 Å². The SMILES string of the molecule is CN=C(NCc1cccc(NC(C)=O)c1)NC1CCN(c2ncccc2F)C1. The minimum atomic E-state index is -0.301. The highest BCUT2D eigenvalue weighted by molar-refractivity contribution is 5.88. The number of nitrogens with one attached hydrogen (secondary N) is 3. The van der Waals surface area contributed by atoms with Crippen molar-refractivity contribution in [3.05, 3.63) is 54.0 Å². The summed E-state index contributed by atoms with van der Waals surface area (Å²) < 4.78 is 13.9. The van der Waals surface area contributed by atoms with E-state index in [9.17, 15) is 9.18 Å². The van der Waals surface area contributed by atoms with Crippen molar-refractivity contribution in [3.8, 4) is 0 Å². The van der Waals surface area contributed by atoms with E-state index in [1.165, 1.54) is 13.0 Å². The molecule has 7 nitrogen and oxygen atoms in total. The molecule has 28 heavy (non-hydrogen) atoms. The van der Waals surface area contributed by atoms with E-state index in [4.69, 9.17) is 0 Å². The highest BCUT2D eigenvalue weighted by atomic mass is 19.1. The van der Waals surface area contributed by atoms with Gasteiger partial charge in [0.25, 0.3) is 0 Å². The number of pyridine rings is 1. The number of halogens is 1. The highest BCUT2D eigenvalue weighted by Gasteiger charge is 2.25. The second-order valence-electron chi connectivity index (χ2n) is 6.69. The van der Waals surface area contributed by atoms with E-state index in [2.05, 4.69) is 25.9 Å². The molecule has 0 aliphatic carbocycles. The molecule has 1 saturated heterocycles. The van der Waals surface area contributed by atoms with Crippen LogP contribution in [-0.4, -0.2) is 43.0 Å². The van der Waals surface area contributed by atoms with Gasteiger partial charge in [0.05, 0.1) is 0 Å². The minimum Gasteiger partial charge on any atom is -0.352 e. The lowest BCUT2D eigenvalue weighted by Crippen LogP contribution is -2.44. The molecule has 1 amide bonds. The lowest BCUT2D eigenvalue weighted by molar-refractivity contribution is -0.114. The summed E-state index contributed by atoms with van der Waals surface area (Å²) in [5, 5.41) is 9.43. The first kappa shape index (κ1) is 19.6. The summed E-state index contributed by atoms with van der Waals surface area (Å²) in [7, 11) is 1.72. The summed E-state index contributed by atoms with van der Waals surface area (Å²) in [5.41, 5.74) is 1.79. The van der Waals surface area contributed by atoms with Crippen LogP contribution in [0.3, 0.4) is 0 Å². The van der Waals surface area contributed by atoms with Crippen LogP contribution in [0.1, 0.15) is 18.9 Å². The van der Waals surface area contributed by atoms with Crippen LogP contribution in [0.5, 0.6) is 0 Å². The number of aromatic nitrogens is 1. The maximum absolute atomic E-state index is 13.9. The third-order valence-corrected chi connectivity index (χ3v) is 4.50. The maximum atomic E-state index is 13.9. The third kappa shape index (κ3) is 5.18. The normalized spacial score (nSPS) is 16.8. The summed E-state index contributed by atoms with van der Waals surface area (Å²) in [6.45, 7) is 3.45. The largest absolute Gasteiger partial charge is 0.352 e. The van der Waals surface area contributed by atoms with Gasteiger partial charge >= 0.3 is 0 Å². The number of amides is 1. The van der Waals surface area contributed by atoms with Gasteiger partial charge in [0.2, 0.25) is 5.91 Å². The van der Waals surface area contributed by atoms with Gasteiger partial charge in [-0.25, -0.2) is 9.37 Å². The van der Waals surface area contributed by atoms with Gasteiger partial charge in [0, 0.05) is 51.5 Å². The Bertz CT molecular complexity index is 856. The van der Waals surface area contributed by atoms with E-state index in [1.807, 2.05) is 29.2 Å². The lowest BCUT2D eigenvalue weighted by Gasteiger charge is -2.20. The monoisotopic (exact) mass is 384 g/mol. The van der Waals surface area contributed by atoms with Crippen molar-refractivity contribution < 1.29 is 9.18 Å². The van der Waals surface area contributed by atoms with Crippen molar-refractivity contribution in [2.75, 3.05) is 30.4 Å². The molecule has 2 aromatic rings. The number of anilines is 2. The average Bonchev–Trinajstić information content (AvgIpc) is 3.13. The van der Waals surface area contributed by atoms with Crippen LogP contribution < -0.4 is 20.9 Å². The Kier molecular flexibility index (Phi) is 6.41. The zero-order chi connectivity index (χ0) is 19.9. The Morgan fingerprint density at radius 3 is 2.96 bits per heavy atom. The Morgan fingerprint density at radius 2 is 2.21 bits per heavy atom. The average molecular weight is 384 g/mol. The van der Waals surface area contributed by atoms with Gasteiger partial charge in [-0.15, -0.1) is 0 Å². The predicted octanol–water partition coefficient (Wildman–Crippen LogP) is 2.12. The van der Waals surface area contributed by atoms with Crippen molar-refractivity contribution in [3.63, 3.8) is 0 Å². The summed E-state index contributed by atoms with van der Waals surface area (Å²) in [6.07, 6.45) is 2.48. The number of guanidine groups is 1. The molecule has 1 aliphatic heterocycles. The smallest absolute Gasteiger partial charge is 0.221 e. The van der Waals surface area contributed by atoms with Crippen molar-refractivity contribution >= 4 is 23.4 Å². The zero-order valence-corrected chi connectivity index (χ0v) is 16.1. The Labute approximate surface area is 164 Å². The van der Waals surface area contributed by atoms with Gasteiger partial charge < -0.3 is 20.9 Å². The van der Waals surface area contributed by atoms with E-state index < -0.39 is 0 Å². The third-order valence-electron chi connectivity index (χ3n) is 4.50. The summed E-state index contributed by atoms with van der Waals surface area (Å²) >= 11 is 0. The molecule has 1 unspecified atom stereocenters. The van der Waals surface area contributed by atoms with Gasteiger partial charge in [-0.3, -0.25) is 9.79 Å². The van der Waals surface area contributed by atoms with Gasteiger partial charge in [0.1, 0.15) is 0 Å². The molecule has 1 aromatic carbocycles. The standard InChI is InChI=1S/C20H25FN6O/c1-14(28)25-16-6-3-5-15(11-16)12-24-20(22-2)26-17-8-10-27(13-17)19-18(21)7-4-9-23-19/h3-7,9,11,17H,8,10,12-13H2,1-2H3,(H,25,28)(H2,22,24,26). The highest BCUT2D eigenvalue weighted by Crippen LogP contribution is 2.20. The molecule has 1 atom stereocenters.